The highest BCUT2D eigenvalue weighted by Crippen LogP contribution is 2.66. The number of allylic oxidation sites excluding steroid dienone is 4. The predicted molar refractivity (Wildman–Crippen MR) is 193 cm³/mol. The Balaban J connectivity index is 1.46. The first-order valence-electron chi connectivity index (χ1n) is 15.3. The number of nitrogens with zero attached hydrogens (tertiary/aromatic N) is 8. The molecule has 10 nitrogen and oxygen atoms in total. The molecule has 0 aromatic heterocycles. The zero-order valence-electron chi connectivity index (χ0n) is 26.1. The number of anilines is 4. The molecule has 0 radical (unpaired) electrons. The summed E-state index contributed by atoms with van der Waals surface area (Å²) in [4.78, 5) is 0. The van der Waals surface area contributed by atoms with Gasteiger partial charge in [-0.3, -0.25) is 27.8 Å². The predicted octanol–water partition coefficient (Wildman–Crippen LogP) is 7.89. The largest absolute Gasteiger partial charge is 0.302 e. The Morgan fingerprint density at radius 2 is 0.540 bits per heavy atom. The highest BCUT2D eigenvalue weighted by molar-refractivity contribution is 7.76. The van der Waals surface area contributed by atoms with Gasteiger partial charge >= 0.3 is 14.9 Å². The fourth-order valence-electron chi connectivity index (χ4n) is 6.25. The van der Waals surface area contributed by atoms with E-state index >= 15 is 9.13 Å². The van der Waals surface area contributed by atoms with Crippen LogP contribution in [0, 0.1) is 45.3 Å². The molecule has 0 amide bonds. The first-order chi connectivity index (χ1) is 24.4. The second-order valence-electron chi connectivity index (χ2n) is 11.0. The highest BCUT2D eigenvalue weighted by atomic mass is 31.2. The Kier molecular flexibility index (Phi) is 8.05. The van der Waals surface area contributed by atoms with E-state index in [-0.39, 0.29) is 33.4 Å². The smallest absolute Gasteiger partial charge is 0.269 e. The molecule has 5 aromatic carbocycles. The van der Waals surface area contributed by atoms with Crippen molar-refractivity contribution >= 4 is 48.2 Å². The van der Waals surface area contributed by atoms with E-state index in [1.165, 1.54) is 18.7 Å². The number of hydrogen-bond donors (Lipinski definition) is 0. The van der Waals surface area contributed by atoms with Gasteiger partial charge in [-0.05, 0) is 72.8 Å². The number of benzene rings is 5. The minimum Gasteiger partial charge on any atom is -0.269 e. The highest BCUT2D eigenvalue weighted by Gasteiger charge is 2.53. The Labute approximate surface area is 289 Å². The van der Waals surface area contributed by atoms with Crippen molar-refractivity contribution in [3.05, 3.63) is 168 Å². The monoisotopic (exact) mass is 686 g/mol. The molecular weight excluding hydrogens is 662 g/mol. The molecule has 12 heteroatoms. The third kappa shape index (κ3) is 4.69. The molecule has 0 spiro atoms. The molecule has 7 rings (SSSR count). The van der Waals surface area contributed by atoms with Gasteiger partial charge < -0.3 is 0 Å². The fourth-order valence-corrected chi connectivity index (χ4v) is 12.0. The average molecular weight is 687 g/mol. The maximum Gasteiger partial charge on any atom is 0.302 e. The number of rotatable bonds is 6. The maximum absolute atomic E-state index is 15.8. The van der Waals surface area contributed by atoms with Gasteiger partial charge in [0.15, 0.2) is 22.8 Å². The summed E-state index contributed by atoms with van der Waals surface area (Å²) in [6, 6.07) is 49.7. The summed E-state index contributed by atoms with van der Waals surface area (Å²) < 4.78 is 37.3. The minimum atomic E-state index is -4.07. The standard InChI is InChI=1S/C38H24N8O2P2/c39-25-35-36(26-40)44(30-15-7-2-8-16-30)49(47,43(35)29-13-5-1-6-14-29)33-21-23-34(24-22-33)50(48)45(31-17-9-3-10-18-31)37(27-41)38(28-42)46(50)32-19-11-4-12-20-32/h1-24H. The fraction of sp³-hybridized carbons (Fsp3) is 0. The normalized spacial score (nSPS) is 16.1. The number of nitriles is 4. The molecule has 238 valence electrons. The van der Waals surface area contributed by atoms with Crippen LogP contribution in [0.15, 0.2) is 168 Å². The lowest BCUT2D eigenvalue weighted by atomic mass is 10.2. The summed E-state index contributed by atoms with van der Waals surface area (Å²) >= 11 is 0. The Morgan fingerprint density at radius 3 is 0.720 bits per heavy atom. The van der Waals surface area contributed by atoms with Crippen molar-refractivity contribution in [3.63, 3.8) is 0 Å². The minimum absolute atomic E-state index is 0.0782. The zero-order valence-corrected chi connectivity index (χ0v) is 27.9. The van der Waals surface area contributed by atoms with E-state index in [2.05, 4.69) is 24.3 Å². The van der Waals surface area contributed by atoms with E-state index in [0.717, 1.165) is 0 Å². The molecule has 2 heterocycles. The molecule has 0 saturated heterocycles. The van der Waals surface area contributed by atoms with Gasteiger partial charge in [0.05, 0.1) is 33.4 Å². The Bertz CT molecular complexity index is 2130. The van der Waals surface area contributed by atoms with E-state index < -0.39 is 14.9 Å². The molecular formula is C38H24N8O2P2. The van der Waals surface area contributed by atoms with Crippen molar-refractivity contribution in [2.45, 2.75) is 0 Å². The van der Waals surface area contributed by atoms with Gasteiger partial charge in [-0.1, -0.05) is 72.8 Å². The van der Waals surface area contributed by atoms with Gasteiger partial charge in [0.1, 0.15) is 24.3 Å². The summed E-state index contributed by atoms with van der Waals surface area (Å²) in [7, 11) is -8.14. The third-order valence-electron chi connectivity index (χ3n) is 8.33. The van der Waals surface area contributed by atoms with Crippen LogP contribution in [0.1, 0.15) is 0 Å². The molecule has 0 atom stereocenters. The molecule has 5 aromatic rings. The summed E-state index contributed by atoms with van der Waals surface area (Å²) in [6.07, 6.45) is 0. The van der Waals surface area contributed by atoms with Crippen LogP contribution in [-0.4, -0.2) is 0 Å². The average Bonchev–Trinajstić information content (AvgIpc) is 3.61. The van der Waals surface area contributed by atoms with Crippen LogP contribution in [0.2, 0.25) is 0 Å². The summed E-state index contributed by atoms with van der Waals surface area (Å²) in [5.41, 5.74) is 1.46. The Morgan fingerprint density at radius 1 is 0.340 bits per heavy atom. The molecule has 0 saturated carbocycles. The van der Waals surface area contributed by atoms with Crippen molar-refractivity contribution in [3.8, 4) is 24.3 Å². The van der Waals surface area contributed by atoms with Crippen molar-refractivity contribution in [1.29, 1.82) is 21.0 Å². The zero-order chi connectivity index (χ0) is 34.9. The van der Waals surface area contributed by atoms with Crippen LogP contribution < -0.4 is 29.3 Å². The molecule has 0 fully saturated rings. The van der Waals surface area contributed by atoms with Crippen LogP contribution in [-0.2, 0) is 9.13 Å². The van der Waals surface area contributed by atoms with Gasteiger partial charge in [0.2, 0.25) is 0 Å². The van der Waals surface area contributed by atoms with Gasteiger partial charge in [-0.15, -0.1) is 0 Å². The van der Waals surface area contributed by atoms with Gasteiger partial charge in [-0.2, -0.15) is 21.0 Å². The van der Waals surface area contributed by atoms with Crippen molar-refractivity contribution in [1.82, 2.24) is 0 Å². The Hall–Kier alpha value is -6.80. The maximum atomic E-state index is 15.8. The SMILES string of the molecule is N#CC1=C(C#N)N(c2ccccc2)P(=O)(c2ccc(P3(=O)N(c4ccccc4)C(C#N)=C(C#N)N3c3ccccc3)cc2)N1c1ccccc1. The quantitative estimate of drug-likeness (QED) is 0.162. The van der Waals surface area contributed by atoms with E-state index in [1.54, 1.807) is 146 Å². The molecule has 0 unspecified atom stereocenters. The summed E-state index contributed by atoms with van der Waals surface area (Å²) in [5, 5.41) is 42.0. The van der Waals surface area contributed by atoms with E-state index in [1.807, 2.05) is 0 Å². The summed E-state index contributed by atoms with van der Waals surface area (Å²) in [6.45, 7) is 0. The number of para-hydroxylation sites is 4. The van der Waals surface area contributed by atoms with E-state index in [4.69, 9.17) is 0 Å². The molecule has 50 heavy (non-hydrogen) atoms. The van der Waals surface area contributed by atoms with Gasteiger partial charge in [0.25, 0.3) is 0 Å². The molecule has 0 aliphatic carbocycles. The van der Waals surface area contributed by atoms with E-state index in [0.29, 0.717) is 22.7 Å². The third-order valence-corrected chi connectivity index (χ3v) is 14.2. The van der Waals surface area contributed by atoms with Crippen LogP contribution in [0.3, 0.4) is 0 Å². The lowest BCUT2D eigenvalue weighted by Crippen LogP contribution is -2.32. The molecule has 0 N–H and O–H groups in total. The lowest BCUT2D eigenvalue weighted by molar-refractivity contribution is 0.580. The molecule has 2 aliphatic heterocycles. The van der Waals surface area contributed by atoms with Crippen LogP contribution in [0.4, 0.5) is 22.7 Å². The topological polar surface area (TPSA) is 142 Å². The lowest BCUT2D eigenvalue weighted by Gasteiger charge is -2.35. The van der Waals surface area contributed by atoms with Crippen LogP contribution in [0.5, 0.6) is 0 Å². The molecule has 0 bridgehead atoms. The first-order valence-corrected chi connectivity index (χ1v) is 18.5. The van der Waals surface area contributed by atoms with Gasteiger partial charge in [0, 0.05) is 0 Å². The molecule has 2 aliphatic rings. The van der Waals surface area contributed by atoms with Crippen molar-refractivity contribution in [2.75, 3.05) is 18.7 Å². The van der Waals surface area contributed by atoms with Crippen LogP contribution in [0.25, 0.3) is 0 Å². The van der Waals surface area contributed by atoms with Gasteiger partial charge in [-0.25, -0.2) is 0 Å². The summed E-state index contributed by atoms with van der Waals surface area (Å²) in [5.74, 6) is 0. The second-order valence-corrected chi connectivity index (χ2v) is 15.8. The van der Waals surface area contributed by atoms with Crippen molar-refractivity contribution < 1.29 is 9.13 Å². The van der Waals surface area contributed by atoms with Crippen molar-refractivity contribution in [2.24, 2.45) is 0 Å². The number of hydrogen-bond acceptors (Lipinski definition) is 6. The van der Waals surface area contributed by atoms with E-state index in [9.17, 15) is 21.0 Å². The first kappa shape index (κ1) is 31.8. The second kappa shape index (κ2) is 12.7. The van der Waals surface area contributed by atoms with Crippen LogP contribution >= 0.6 is 14.9 Å².